The number of sulfonamides is 1. The summed E-state index contributed by atoms with van der Waals surface area (Å²) in [5.41, 5.74) is 3.55. The average Bonchev–Trinajstić information content (AvgIpc) is 2.79. The minimum Gasteiger partial charge on any atom is -0.495 e. The summed E-state index contributed by atoms with van der Waals surface area (Å²) in [7, 11) is -2.68. The van der Waals surface area contributed by atoms with Gasteiger partial charge in [-0.1, -0.05) is 49.4 Å². The molecule has 166 valence electrons. The molecule has 0 amide bonds. The Morgan fingerprint density at radius 3 is 2.41 bits per heavy atom. The van der Waals surface area contributed by atoms with E-state index in [0.717, 1.165) is 11.6 Å². The molecular formula is C22H22N4O5S. The third kappa shape index (κ3) is 5.41. The lowest BCUT2D eigenvalue weighted by atomic mass is 10.0. The maximum absolute atomic E-state index is 12.8. The lowest BCUT2D eigenvalue weighted by Gasteiger charge is -2.12. The van der Waals surface area contributed by atoms with Gasteiger partial charge in [-0.15, -0.1) is 0 Å². The van der Waals surface area contributed by atoms with Crippen LogP contribution in [-0.4, -0.2) is 26.7 Å². The number of hydrazone groups is 1. The highest BCUT2D eigenvalue weighted by molar-refractivity contribution is 7.92. The van der Waals surface area contributed by atoms with Crippen molar-refractivity contribution in [3.63, 3.8) is 0 Å². The average molecular weight is 455 g/mol. The predicted molar refractivity (Wildman–Crippen MR) is 124 cm³/mol. The molecule has 3 rings (SSSR count). The van der Waals surface area contributed by atoms with Gasteiger partial charge in [0.2, 0.25) is 0 Å². The predicted octanol–water partition coefficient (Wildman–Crippen LogP) is 4.61. The van der Waals surface area contributed by atoms with E-state index in [0.29, 0.717) is 5.75 Å². The van der Waals surface area contributed by atoms with Crippen molar-refractivity contribution in [1.29, 1.82) is 0 Å². The van der Waals surface area contributed by atoms with Gasteiger partial charge in [0.15, 0.2) is 0 Å². The number of benzene rings is 3. The maximum atomic E-state index is 12.8. The van der Waals surface area contributed by atoms with Crippen molar-refractivity contribution in [1.82, 2.24) is 0 Å². The fourth-order valence-corrected chi connectivity index (χ4v) is 4.01. The third-order valence-electron chi connectivity index (χ3n) is 4.64. The Hall–Kier alpha value is -3.92. The van der Waals surface area contributed by atoms with Gasteiger partial charge in [-0.2, -0.15) is 5.10 Å². The SMILES string of the molecule is COc1ccccc1NS(=O)(=O)c1ccc(NN=CC(C)c2ccccc2)c([N+](=O)[O-])c1. The zero-order chi connectivity index (χ0) is 23.1. The molecule has 0 fully saturated rings. The Bertz CT molecular complexity index is 1230. The van der Waals surface area contributed by atoms with Gasteiger partial charge in [-0.05, 0) is 29.8 Å². The molecule has 0 saturated carbocycles. The number of methoxy groups -OCH3 is 1. The van der Waals surface area contributed by atoms with Crippen molar-refractivity contribution in [2.45, 2.75) is 17.7 Å². The molecule has 0 spiro atoms. The smallest absolute Gasteiger partial charge is 0.295 e. The van der Waals surface area contributed by atoms with Crippen LogP contribution < -0.4 is 14.9 Å². The molecule has 0 aromatic heterocycles. The van der Waals surface area contributed by atoms with E-state index < -0.39 is 20.6 Å². The zero-order valence-electron chi connectivity index (χ0n) is 17.4. The second kappa shape index (κ2) is 9.92. The number of nitrogens with zero attached hydrogens (tertiary/aromatic N) is 2. The topological polar surface area (TPSA) is 123 Å². The van der Waals surface area contributed by atoms with Gasteiger partial charge in [0, 0.05) is 18.2 Å². The molecule has 3 aromatic rings. The van der Waals surface area contributed by atoms with Gasteiger partial charge in [0.25, 0.3) is 15.7 Å². The summed E-state index contributed by atoms with van der Waals surface area (Å²) in [6, 6.07) is 19.7. The number of anilines is 2. The molecule has 1 atom stereocenters. The van der Waals surface area contributed by atoms with Gasteiger partial charge >= 0.3 is 0 Å². The fourth-order valence-electron chi connectivity index (χ4n) is 2.92. The van der Waals surface area contributed by atoms with Crippen LogP contribution in [0.2, 0.25) is 0 Å². The van der Waals surface area contributed by atoms with Crippen LogP contribution in [0.4, 0.5) is 17.1 Å². The van der Waals surface area contributed by atoms with Crippen molar-refractivity contribution < 1.29 is 18.1 Å². The summed E-state index contributed by atoms with van der Waals surface area (Å²) >= 11 is 0. The highest BCUT2D eigenvalue weighted by atomic mass is 32.2. The number of para-hydroxylation sites is 2. The van der Waals surface area contributed by atoms with Crippen molar-refractivity contribution in [2.24, 2.45) is 5.10 Å². The highest BCUT2D eigenvalue weighted by Gasteiger charge is 2.22. The molecule has 0 aliphatic carbocycles. The second-order valence-electron chi connectivity index (χ2n) is 6.83. The highest BCUT2D eigenvalue weighted by Crippen LogP contribution is 2.30. The Morgan fingerprint density at radius 1 is 1.03 bits per heavy atom. The zero-order valence-corrected chi connectivity index (χ0v) is 18.2. The van der Waals surface area contributed by atoms with Crippen LogP contribution in [0.5, 0.6) is 5.75 Å². The number of rotatable bonds is 9. The van der Waals surface area contributed by atoms with Crippen LogP contribution in [0.1, 0.15) is 18.4 Å². The summed E-state index contributed by atoms with van der Waals surface area (Å²) in [4.78, 5) is 10.6. The maximum Gasteiger partial charge on any atom is 0.295 e. The van der Waals surface area contributed by atoms with Crippen LogP contribution in [0.3, 0.4) is 0 Å². The first-order chi connectivity index (χ1) is 15.3. The number of nitrogens with one attached hydrogen (secondary N) is 2. The third-order valence-corrected chi connectivity index (χ3v) is 6.00. The molecule has 32 heavy (non-hydrogen) atoms. The molecule has 1 unspecified atom stereocenters. The molecule has 2 N–H and O–H groups in total. The number of hydrogen-bond acceptors (Lipinski definition) is 7. The van der Waals surface area contributed by atoms with Crippen LogP contribution in [0, 0.1) is 10.1 Å². The minimum atomic E-state index is -4.09. The van der Waals surface area contributed by atoms with Gasteiger partial charge in [0.1, 0.15) is 11.4 Å². The largest absolute Gasteiger partial charge is 0.495 e. The van der Waals surface area contributed by atoms with Gasteiger partial charge in [-0.25, -0.2) is 8.42 Å². The van der Waals surface area contributed by atoms with Crippen molar-refractivity contribution in [2.75, 3.05) is 17.3 Å². The van der Waals surface area contributed by atoms with E-state index in [1.165, 1.54) is 25.3 Å². The molecule has 0 aliphatic rings. The number of hydrogen-bond donors (Lipinski definition) is 2. The Balaban J connectivity index is 1.82. The summed E-state index contributed by atoms with van der Waals surface area (Å²) in [6.45, 7) is 1.94. The first-order valence-electron chi connectivity index (χ1n) is 9.60. The van der Waals surface area contributed by atoms with E-state index >= 15 is 0 Å². The normalized spacial score (nSPS) is 12.3. The standard InChI is InChI=1S/C22H22N4O5S/c1-16(17-8-4-3-5-9-17)15-23-24-19-13-12-18(14-21(19)26(27)28)32(29,30)25-20-10-6-7-11-22(20)31-2/h3-16,24-25H,1-2H3. The number of ether oxygens (including phenoxy) is 1. The fraction of sp³-hybridized carbons (Fsp3) is 0.136. The first kappa shape index (κ1) is 22.8. The molecule has 3 aromatic carbocycles. The summed E-state index contributed by atoms with van der Waals surface area (Å²) in [5.74, 6) is 0.304. The summed E-state index contributed by atoms with van der Waals surface area (Å²) in [5, 5.41) is 15.6. The van der Waals surface area contributed by atoms with Crippen molar-refractivity contribution >= 4 is 33.3 Å². The Kier molecular flexibility index (Phi) is 7.06. The number of nitro groups is 1. The quantitative estimate of drug-likeness (QED) is 0.277. The van der Waals surface area contributed by atoms with Gasteiger partial charge in [0.05, 0.1) is 22.6 Å². The van der Waals surface area contributed by atoms with Gasteiger partial charge < -0.3 is 4.74 Å². The van der Waals surface area contributed by atoms with E-state index in [4.69, 9.17) is 4.74 Å². The lowest BCUT2D eigenvalue weighted by molar-refractivity contribution is -0.384. The van der Waals surface area contributed by atoms with Crippen molar-refractivity contribution in [3.8, 4) is 5.75 Å². The van der Waals surface area contributed by atoms with Crippen LogP contribution >= 0.6 is 0 Å². The molecule has 0 heterocycles. The molecule has 10 heteroatoms. The molecular weight excluding hydrogens is 432 g/mol. The Morgan fingerprint density at radius 2 is 1.72 bits per heavy atom. The molecule has 0 radical (unpaired) electrons. The van der Waals surface area contributed by atoms with Crippen LogP contribution in [0.25, 0.3) is 0 Å². The Labute approximate surface area is 185 Å². The van der Waals surface area contributed by atoms with Gasteiger partial charge in [-0.3, -0.25) is 20.3 Å². The van der Waals surface area contributed by atoms with Crippen molar-refractivity contribution in [3.05, 3.63) is 88.5 Å². The lowest BCUT2D eigenvalue weighted by Crippen LogP contribution is -2.14. The van der Waals surface area contributed by atoms with Crippen LogP contribution in [0.15, 0.2) is 82.8 Å². The molecule has 0 bridgehead atoms. The molecule has 0 aliphatic heterocycles. The summed E-state index contributed by atoms with van der Waals surface area (Å²) < 4.78 is 33.1. The second-order valence-corrected chi connectivity index (χ2v) is 8.51. The van der Waals surface area contributed by atoms with E-state index in [-0.39, 0.29) is 22.2 Å². The minimum absolute atomic E-state index is 0.0209. The molecule has 9 nitrogen and oxygen atoms in total. The van der Waals surface area contributed by atoms with E-state index in [1.807, 2.05) is 37.3 Å². The van der Waals surface area contributed by atoms with E-state index in [1.54, 1.807) is 24.4 Å². The van der Waals surface area contributed by atoms with E-state index in [2.05, 4.69) is 15.2 Å². The first-order valence-corrected chi connectivity index (χ1v) is 11.1. The monoisotopic (exact) mass is 454 g/mol. The summed E-state index contributed by atoms with van der Waals surface area (Å²) in [6.07, 6.45) is 1.62. The van der Waals surface area contributed by atoms with Crippen LogP contribution in [-0.2, 0) is 10.0 Å². The van der Waals surface area contributed by atoms with E-state index in [9.17, 15) is 18.5 Å². The number of nitro benzene ring substituents is 1. The molecule has 0 saturated heterocycles.